The molecule has 4 rings (SSSR count). The number of likely N-dealkylation sites (N-methyl/N-ethyl adjacent to an activating group) is 1. The molecular formula is C17H30N4O. The molecule has 4 heterocycles. The minimum absolute atomic E-state index is 0.609. The highest BCUT2D eigenvalue weighted by molar-refractivity contribution is 4.95. The van der Waals surface area contributed by atoms with Crippen LogP contribution in [0.25, 0.3) is 0 Å². The molecule has 5 nitrogen and oxygen atoms in total. The molecule has 2 fully saturated rings. The van der Waals surface area contributed by atoms with Crippen LogP contribution in [-0.4, -0.2) is 64.8 Å². The van der Waals surface area contributed by atoms with E-state index in [0.29, 0.717) is 6.10 Å². The van der Waals surface area contributed by atoms with Crippen molar-refractivity contribution in [2.75, 3.05) is 39.3 Å². The summed E-state index contributed by atoms with van der Waals surface area (Å²) in [7, 11) is 0. The maximum Gasteiger partial charge on any atom is 0.122 e. The van der Waals surface area contributed by atoms with Crippen molar-refractivity contribution in [3.05, 3.63) is 18.2 Å². The third-order valence-corrected chi connectivity index (χ3v) is 5.29. The third kappa shape index (κ3) is 3.70. The van der Waals surface area contributed by atoms with Crippen LogP contribution >= 0.6 is 0 Å². The molecule has 5 heteroatoms. The van der Waals surface area contributed by atoms with Gasteiger partial charge in [-0.3, -0.25) is 4.90 Å². The molecule has 0 saturated carbocycles. The van der Waals surface area contributed by atoms with Gasteiger partial charge in [0, 0.05) is 51.1 Å². The van der Waals surface area contributed by atoms with E-state index in [1.54, 1.807) is 0 Å². The number of aromatic nitrogens is 2. The Bertz CT molecular complexity index is 461. The number of nitrogens with zero attached hydrogens (tertiary/aromatic N) is 4. The Balaban J connectivity index is 0.000000131. The fraction of sp³-hybridized carbons (Fsp3) is 0.824. The zero-order valence-corrected chi connectivity index (χ0v) is 14.1. The Morgan fingerprint density at radius 3 is 2.82 bits per heavy atom. The first kappa shape index (κ1) is 16.0. The van der Waals surface area contributed by atoms with Crippen LogP contribution in [0.15, 0.2) is 12.4 Å². The van der Waals surface area contributed by atoms with Gasteiger partial charge < -0.3 is 14.2 Å². The van der Waals surface area contributed by atoms with Gasteiger partial charge in [-0.05, 0) is 25.9 Å². The summed E-state index contributed by atoms with van der Waals surface area (Å²) in [6, 6.07) is 0. The van der Waals surface area contributed by atoms with E-state index in [2.05, 4.69) is 39.4 Å². The summed E-state index contributed by atoms with van der Waals surface area (Å²) in [6.07, 6.45) is 7.11. The lowest BCUT2D eigenvalue weighted by molar-refractivity contribution is 0.0369. The summed E-state index contributed by atoms with van der Waals surface area (Å²) in [5, 5.41) is 0. The molecule has 0 aromatic carbocycles. The molecule has 124 valence electrons. The topological polar surface area (TPSA) is 33.5 Å². The summed E-state index contributed by atoms with van der Waals surface area (Å²) < 4.78 is 7.85. The molecule has 22 heavy (non-hydrogen) atoms. The van der Waals surface area contributed by atoms with E-state index >= 15 is 0 Å². The predicted octanol–water partition coefficient (Wildman–Crippen LogP) is 1.84. The molecular weight excluding hydrogens is 276 g/mol. The third-order valence-electron chi connectivity index (χ3n) is 5.29. The fourth-order valence-corrected chi connectivity index (χ4v) is 3.73. The Morgan fingerprint density at radius 1 is 1.14 bits per heavy atom. The van der Waals surface area contributed by atoms with Crippen LogP contribution in [0.4, 0.5) is 0 Å². The molecule has 0 radical (unpaired) electrons. The van der Waals surface area contributed by atoms with Gasteiger partial charge in [0.1, 0.15) is 5.82 Å². The second-order valence-electron chi connectivity index (χ2n) is 6.55. The van der Waals surface area contributed by atoms with Crippen LogP contribution in [0.1, 0.15) is 32.5 Å². The largest absolute Gasteiger partial charge is 0.378 e. The van der Waals surface area contributed by atoms with Crippen molar-refractivity contribution < 1.29 is 4.74 Å². The predicted molar refractivity (Wildman–Crippen MR) is 87.8 cm³/mol. The molecule has 0 amide bonds. The number of ether oxygens (including phenoxy) is 1. The molecule has 0 N–H and O–H groups in total. The molecule has 0 spiro atoms. The Labute approximate surface area is 134 Å². The minimum Gasteiger partial charge on any atom is -0.378 e. The molecule has 0 bridgehead atoms. The molecule has 2 atom stereocenters. The first-order valence-corrected chi connectivity index (χ1v) is 8.86. The standard InChI is InChI=1S/C9H17NO.C8H13N3/c1-2-10-5-3-9-8(7-10)4-6-11-9;1-2-10-5-6-11-4-3-9-8(11)7-10/h8-9H,2-7H2,1H3;3-4H,2,5-7H2,1H3. The van der Waals surface area contributed by atoms with Crippen LogP contribution in [0.5, 0.6) is 0 Å². The van der Waals surface area contributed by atoms with E-state index in [1.165, 1.54) is 44.8 Å². The minimum atomic E-state index is 0.609. The van der Waals surface area contributed by atoms with Gasteiger partial charge in [0.05, 0.1) is 12.6 Å². The van der Waals surface area contributed by atoms with E-state index in [4.69, 9.17) is 4.74 Å². The molecule has 3 aliphatic heterocycles. The zero-order valence-electron chi connectivity index (χ0n) is 14.1. The van der Waals surface area contributed by atoms with Gasteiger partial charge >= 0.3 is 0 Å². The maximum atomic E-state index is 5.62. The highest BCUT2D eigenvalue weighted by atomic mass is 16.5. The van der Waals surface area contributed by atoms with Gasteiger partial charge in [-0.25, -0.2) is 4.98 Å². The second kappa shape index (κ2) is 7.57. The number of piperidine rings is 1. The van der Waals surface area contributed by atoms with Crippen LogP contribution in [0.3, 0.4) is 0 Å². The van der Waals surface area contributed by atoms with Gasteiger partial charge in [-0.2, -0.15) is 0 Å². The monoisotopic (exact) mass is 306 g/mol. The normalized spacial score (nSPS) is 28.6. The van der Waals surface area contributed by atoms with Crippen molar-refractivity contribution in [2.45, 2.75) is 45.9 Å². The zero-order chi connectivity index (χ0) is 15.4. The van der Waals surface area contributed by atoms with Crippen LogP contribution in [-0.2, 0) is 17.8 Å². The fourth-order valence-electron chi connectivity index (χ4n) is 3.73. The lowest BCUT2D eigenvalue weighted by Crippen LogP contribution is -2.40. The van der Waals surface area contributed by atoms with E-state index < -0.39 is 0 Å². The molecule has 1 aromatic rings. The molecule has 1 aromatic heterocycles. The van der Waals surface area contributed by atoms with Crippen molar-refractivity contribution in [3.63, 3.8) is 0 Å². The van der Waals surface area contributed by atoms with Gasteiger partial charge in [-0.1, -0.05) is 13.8 Å². The smallest absolute Gasteiger partial charge is 0.122 e. The Hall–Kier alpha value is -0.910. The van der Waals surface area contributed by atoms with E-state index in [1.807, 2.05) is 6.20 Å². The maximum absolute atomic E-state index is 5.62. The lowest BCUT2D eigenvalue weighted by Gasteiger charge is -2.33. The van der Waals surface area contributed by atoms with Crippen molar-refractivity contribution in [2.24, 2.45) is 5.92 Å². The molecule has 2 saturated heterocycles. The second-order valence-corrected chi connectivity index (χ2v) is 6.55. The Morgan fingerprint density at radius 2 is 2.00 bits per heavy atom. The molecule has 0 aliphatic carbocycles. The molecule has 3 aliphatic rings. The Kier molecular flexibility index (Phi) is 5.50. The van der Waals surface area contributed by atoms with Crippen molar-refractivity contribution in [1.82, 2.24) is 19.4 Å². The van der Waals surface area contributed by atoms with E-state index in [-0.39, 0.29) is 0 Å². The first-order valence-electron chi connectivity index (χ1n) is 8.86. The SMILES string of the molecule is CCN1CCC2OCCC2C1.CCN1CCn2ccnc2C1. The van der Waals surface area contributed by atoms with Gasteiger partial charge in [0.25, 0.3) is 0 Å². The summed E-state index contributed by atoms with van der Waals surface area (Å²) in [6.45, 7) is 13.6. The van der Waals surface area contributed by atoms with E-state index in [0.717, 1.165) is 32.2 Å². The van der Waals surface area contributed by atoms with Crippen LogP contribution in [0.2, 0.25) is 0 Å². The quantitative estimate of drug-likeness (QED) is 0.835. The number of imidazole rings is 1. The van der Waals surface area contributed by atoms with Gasteiger partial charge in [0.2, 0.25) is 0 Å². The lowest BCUT2D eigenvalue weighted by atomic mass is 9.94. The summed E-state index contributed by atoms with van der Waals surface area (Å²) in [4.78, 5) is 9.22. The summed E-state index contributed by atoms with van der Waals surface area (Å²) in [5.41, 5.74) is 0. The van der Waals surface area contributed by atoms with Crippen molar-refractivity contribution >= 4 is 0 Å². The van der Waals surface area contributed by atoms with E-state index in [9.17, 15) is 0 Å². The number of hydrogen-bond donors (Lipinski definition) is 0. The number of fused-ring (bicyclic) bond motifs is 2. The summed E-state index contributed by atoms with van der Waals surface area (Å²) in [5.74, 6) is 2.06. The van der Waals surface area contributed by atoms with Gasteiger partial charge in [-0.15, -0.1) is 0 Å². The number of likely N-dealkylation sites (tertiary alicyclic amines) is 1. The average molecular weight is 306 g/mol. The number of rotatable bonds is 2. The highest BCUT2D eigenvalue weighted by Gasteiger charge is 2.32. The average Bonchev–Trinajstić information content (AvgIpc) is 3.22. The number of hydrogen-bond acceptors (Lipinski definition) is 4. The van der Waals surface area contributed by atoms with Crippen molar-refractivity contribution in [3.8, 4) is 0 Å². The van der Waals surface area contributed by atoms with Gasteiger partial charge in [0.15, 0.2) is 0 Å². The first-order chi connectivity index (χ1) is 10.8. The summed E-state index contributed by atoms with van der Waals surface area (Å²) >= 11 is 0. The van der Waals surface area contributed by atoms with Crippen LogP contribution in [0, 0.1) is 5.92 Å². The molecule has 2 unspecified atom stereocenters. The highest BCUT2D eigenvalue weighted by Crippen LogP contribution is 2.28. The van der Waals surface area contributed by atoms with Crippen LogP contribution < -0.4 is 0 Å². The van der Waals surface area contributed by atoms with Crippen molar-refractivity contribution in [1.29, 1.82) is 0 Å².